The Bertz CT molecular complexity index is 471. The van der Waals surface area contributed by atoms with Crippen molar-refractivity contribution in [1.82, 2.24) is 5.32 Å². The van der Waals surface area contributed by atoms with Crippen LogP contribution in [0.2, 0.25) is 0 Å². The van der Waals surface area contributed by atoms with Crippen LogP contribution in [0.3, 0.4) is 0 Å². The van der Waals surface area contributed by atoms with Gasteiger partial charge in [0.05, 0.1) is 0 Å². The van der Waals surface area contributed by atoms with Crippen molar-refractivity contribution in [3.8, 4) is 0 Å². The first-order valence-corrected chi connectivity index (χ1v) is 6.06. The van der Waals surface area contributed by atoms with Crippen LogP contribution in [-0.4, -0.2) is 7.05 Å². The molecule has 1 nitrogen and oxygen atoms in total. The largest absolute Gasteiger partial charge is 0.316 e. The first-order valence-electron chi connectivity index (χ1n) is 6.06. The molecule has 0 saturated heterocycles. The topological polar surface area (TPSA) is 12.0 Å². The molecule has 0 heterocycles. The molecule has 0 saturated carbocycles. The quantitative estimate of drug-likeness (QED) is 0.841. The summed E-state index contributed by atoms with van der Waals surface area (Å²) < 4.78 is 0. The van der Waals surface area contributed by atoms with Gasteiger partial charge < -0.3 is 5.32 Å². The molecule has 0 unspecified atom stereocenters. The predicted octanol–water partition coefficient (Wildman–Crippen LogP) is 3.31. The molecule has 1 heteroatoms. The first-order chi connectivity index (χ1) is 8.29. The molecule has 0 aliphatic heterocycles. The van der Waals surface area contributed by atoms with E-state index in [1.807, 2.05) is 7.05 Å². The van der Waals surface area contributed by atoms with E-state index < -0.39 is 0 Å². The molecule has 0 aromatic heterocycles. The molecule has 0 fully saturated rings. The minimum atomic E-state index is 0.935. The first kappa shape index (κ1) is 11.9. The van der Waals surface area contributed by atoms with Crippen molar-refractivity contribution < 1.29 is 0 Å². The lowest BCUT2D eigenvalue weighted by molar-refractivity contribution is 0.817. The third-order valence-corrected chi connectivity index (χ3v) is 3.06. The van der Waals surface area contributed by atoms with Gasteiger partial charge in [0, 0.05) is 6.54 Å². The summed E-state index contributed by atoms with van der Waals surface area (Å²) in [7, 11) is 1.97. The van der Waals surface area contributed by atoms with Gasteiger partial charge in [0.2, 0.25) is 0 Å². The number of hydrogen-bond acceptors (Lipinski definition) is 1. The van der Waals surface area contributed by atoms with Crippen LogP contribution in [0.25, 0.3) is 0 Å². The average Bonchev–Trinajstić information content (AvgIpc) is 2.35. The summed E-state index contributed by atoms with van der Waals surface area (Å²) in [5.74, 6) is 0. The van der Waals surface area contributed by atoms with Gasteiger partial charge in [-0.1, -0.05) is 48.5 Å². The molecule has 0 amide bonds. The van der Waals surface area contributed by atoms with E-state index in [0.717, 1.165) is 13.0 Å². The molecule has 0 radical (unpaired) electrons. The van der Waals surface area contributed by atoms with Crippen molar-refractivity contribution in [2.75, 3.05) is 7.05 Å². The maximum Gasteiger partial charge on any atom is 0.0202 e. The van der Waals surface area contributed by atoms with Gasteiger partial charge in [-0.2, -0.15) is 0 Å². The summed E-state index contributed by atoms with van der Waals surface area (Å²) >= 11 is 0. The van der Waals surface area contributed by atoms with Crippen molar-refractivity contribution in [3.63, 3.8) is 0 Å². The van der Waals surface area contributed by atoms with Gasteiger partial charge in [-0.3, -0.25) is 0 Å². The summed E-state index contributed by atoms with van der Waals surface area (Å²) in [6.45, 7) is 3.11. The number of hydrogen-bond donors (Lipinski definition) is 1. The van der Waals surface area contributed by atoms with Crippen LogP contribution >= 0.6 is 0 Å². The molecule has 2 aromatic carbocycles. The lowest BCUT2D eigenvalue weighted by atomic mass is 10.00. The van der Waals surface area contributed by atoms with E-state index >= 15 is 0 Å². The van der Waals surface area contributed by atoms with Crippen LogP contribution in [0.5, 0.6) is 0 Å². The lowest BCUT2D eigenvalue weighted by Gasteiger charge is -2.06. The Morgan fingerprint density at radius 1 is 0.882 bits per heavy atom. The summed E-state index contributed by atoms with van der Waals surface area (Å²) in [6.07, 6.45) is 1.02. The van der Waals surface area contributed by atoms with Gasteiger partial charge >= 0.3 is 0 Å². The fourth-order valence-corrected chi connectivity index (χ4v) is 2.01. The molecule has 0 spiro atoms. The predicted molar refractivity (Wildman–Crippen MR) is 73.2 cm³/mol. The summed E-state index contributed by atoms with van der Waals surface area (Å²) in [5.41, 5.74) is 5.49. The molecular formula is C16H19N. The monoisotopic (exact) mass is 225 g/mol. The summed E-state index contributed by atoms with van der Waals surface area (Å²) in [5, 5.41) is 3.16. The van der Waals surface area contributed by atoms with Crippen molar-refractivity contribution in [2.45, 2.75) is 19.9 Å². The number of benzene rings is 2. The van der Waals surface area contributed by atoms with E-state index in [2.05, 4.69) is 60.8 Å². The molecule has 0 bridgehead atoms. The molecule has 0 aliphatic rings. The van der Waals surface area contributed by atoms with Gasteiger partial charge in [0.15, 0.2) is 0 Å². The van der Waals surface area contributed by atoms with Gasteiger partial charge in [-0.15, -0.1) is 0 Å². The van der Waals surface area contributed by atoms with Crippen molar-refractivity contribution >= 4 is 0 Å². The third-order valence-electron chi connectivity index (χ3n) is 3.06. The Morgan fingerprint density at radius 3 is 2.18 bits per heavy atom. The fraction of sp³-hybridized carbons (Fsp3) is 0.250. The SMILES string of the molecule is CNCc1ccc(Cc2ccccc2C)cc1. The van der Waals surface area contributed by atoms with Crippen molar-refractivity contribution in [1.29, 1.82) is 0 Å². The van der Waals surface area contributed by atoms with E-state index in [-0.39, 0.29) is 0 Å². The molecule has 88 valence electrons. The fourth-order valence-electron chi connectivity index (χ4n) is 2.01. The van der Waals surface area contributed by atoms with Gasteiger partial charge in [0.25, 0.3) is 0 Å². The zero-order valence-corrected chi connectivity index (χ0v) is 10.5. The molecule has 0 atom stereocenters. The van der Waals surface area contributed by atoms with Gasteiger partial charge in [0.1, 0.15) is 0 Å². The van der Waals surface area contributed by atoms with Crippen LogP contribution in [-0.2, 0) is 13.0 Å². The standard InChI is InChI=1S/C16H19N/c1-13-5-3-4-6-16(13)11-14-7-9-15(10-8-14)12-17-2/h3-10,17H,11-12H2,1-2H3. The molecule has 2 aromatic rings. The van der Waals surface area contributed by atoms with Crippen LogP contribution in [0.1, 0.15) is 22.3 Å². The summed E-state index contributed by atoms with van der Waals surface area (Å²) in [6, 6.07) is 17.4. The Balaban J connectivity index is 2.11. The van der Waals surface area contributed by atoms with Crippen LogP contribution in [0.4, 0.5) is 0 Å². The summed E-state index contributed by atoms with van der Waals surface area (Å²) in [4.78, 5) is 0. The Morgan fingerprint density at radius 2 is 1.53 bits per heavy atom. The number of aryl methyl sites for hydroxylation is 1. The molecule has 17 heavy (non-hydrogen) atoms. The van der Waals surface area contributed by atoms with Crippen LogP contribution in [0, 0.1) is 6.92 Å². The number of nitrogens with one attached hydrogen (secondary N) is 1. The van der Waals surface area contributed by atoms with Crippen molar-refractivity contribution in [3.05, 3.63) is 70.8 Å². The highest BCUT2D eigenvalue weighted by atomic mass is 14.8. The molecule has 0 aliphatic carbocycles. The highest BCUT2D eigenvalue weighted by molar-refractivity contribution is 5.33. The van der Waals surface area contributed by atoms with Crippen LogP contribution < -0.4 is 5.32 Å². The maximum atomic E-state index is 3.16. The average molecular weight is 225 g/mol. The Kier molecular flexibility index (Phi) is 3.94. The zero-order chi connectivity index (χ0) is 12.1. The second kappa shape index (κ2) is 5.65. The second-order valence-electron chi connectivity index (χ2n) is 4.45. The lowest BCUT2D eigenvalue weighted by Crippen LogP contribution is -2.04. The molecule has 1 N–H and O–H groups in total. The molecular weight excluding hydrogens is 206 g/mol. The second-order valence-corrected chi connectivity index (χ2v) is 4.45. The van der Waals surface area contributed by atoms with E-state index in [4.69, 9.17) is 0 Å². The van der Waals surface area contributed by atoms with E-state index in [1.54, 1.807) is 0 Å². The van der Waals surface area contributed by atoms with Gasteiger partial charge in [-0.25, -0.2) is 0 Å². The van der Waals surface area contributed by atoms with Gasteiger partial charge in [-0.05, 0) is 42.6 Å². The Labute approximate surface area is 103 Å². The minimum absolute atomic E-state index is 0.935. The van der Waals surface area contributed by atoms with E-state index in [0.29, 0.717) is 0 Å². The van der Waals surface area contributed by atoms with Crippen LogP contribution in [0.15, 0.2) is 48.5 Å². The third kappa shape index (κ3) is 3.18. The smallest absolute Gasteiger partial charge is 0.0202 e. The zero-order valence-electron chi connectivity index (χ0n) is 10.5. The highest BCUT2D eigenvalue weighted by Gasteiger charge is 1.99. The van der Waals surface area contributed by atoms with E-state index in [9.17, 15) is 0 Å². The number of rotatable bonds is 4. The highest BCUT2D eigenvalue weighted by Crippen LogP contribution is 2.14. The maximum absolute atomic E-state index is 3.16. The minimum Gasteiger partial charge on any atom is -0.316 e. The normalized spacial score (nSPS) is 10.5. The van der Waals surface area contributed by atoms with Crippen molar-refractivity contribution in [2.24, 2.45) is 0 Å². The van der Waals surface area contributed by atoms with E-state index in [1.165, 1.54) is 22.3 Å². The molecule has 2 rings (SSSR count). The Hall–Kier alpha value is -1.60.